The van der Waals surface area contributed by atoms with Crippen molar-refractivity contribution in [2.75, 3.05) is 6.61 Å². The standard InChI is InChI=1S/C12H17NO5/c1-4-16-11(15)6-5-7(14)8(13)10-9(6)17-12(2,3)18-10/h5,8-10H,4,13H2,1-3H3/t8-,9-,10+/m1/s1. The fourth-order valence-corrected chi connectivity index (χ4v) is 2.18. The molecule has 1 saturated heterocycles. The molecule has 2 N–H and O–H groups in total. The van der Waals surface area contributed by atoms with Crippen LogP contribution in [0.15, 0.2) is 11.6 Å². The number of fused-ring (bicyclic) bond motifs is 1. The van der Waals surface area contributed by atoms with Crippen LogP contribution in [0.3, 0.4) is 0 Å². The zero-order valence-corrected chi connectivity index (χ0v) is 10.6. The number of ether oxygens (including phenoxy) is 3. The third kappa shape index (κ3) is 2.19. The number of rotatable bonds is 2. The quantitative estimate of drug-likeness (QED) is 0.694. The van der Waals surface area contributed by atoms with Crippen molar-refractivity contribution in [2.24, 2.45) is 5.73 Å². The fraction of sp³-hybridized carbons (Fsp3) is 0.667. The molecule has 0 amide bonds. The van der Waals surface area contributed by atoms with Crippen LogP contribution in [0.25, 0.3) is 0 Å². The van der Waals surface area contributed by atoms with E-state index in [0.717, 1.165) is 0 Å². The van der Waals surface area contributed by atoms with E-state index >= 15 is 0 Å². The molecule has 0 saturated carbocycles. The second-order valence-electron chi connectivity index (χ2n) is 4.77. The van der Waals surface area contributed by atoms with Crippen LogP contribution >= 0.6 is 0 Å². The molecule has 2 aliphatic rings. The van der Waals surface area contributed by atoms with E-state index in [0.29, 0.717) is 0 Å². The molecule has 100 valence electrons. The summed E-state index contributed by atoms with van der Waals surface area (Å²) in [6.07, 6.45) is -0.0853. The highest BCUT2D eigenvalue weighted by molar-refractivity contribution is 6.04. The Morgan fingerprint density at radius 2 is 2.17 bits per heavy atom. The normalized spacial score (nSPS) is 33.9. The van der Waals surface area contributed by atoms with Crippen LogP contribution < -0.4 is 5.73 Å². The maximum absolute atomic E-state index is 11.8. The molecule has 1 aliphatic carbocycles. The maximum Gasteiger partial charge on any atom is 0.336 e. The number of hydrogen-bond donors (Lipinski definition) is 1. The van der Waals surface area contributed by atoms with E-state index in [9.17, 15) is 9.59 Å². The zero-order chi connectivity index (χ0) is 13.5. The van der Waals surface area contributed by atoms with Gasteiger partial charge < -0.3 is 19.9 Å². The Balaban J connectivity index is 2.31. The van der Waals surface area contributed by atoms with E-state index in [1.54, 1.807) is 20.8 Å². The zero-order valence-electron chi connectivity index (χ0n) is 10.6. The molecule has 1 fully saturated rings. The second-order valence-corrected chi connectivity index (χ2v) is 4.77. The minimum Gasteiger partial charge on any atom is -0.463 e. The van der Waals surface area contributed by atoms with Crippen LogP contribution in [0.2, 0.25) is 0 Å². The van der Waals surface area contributed by atoms with Gasteiger partial charge in [-0.05, 0) is 26.8 Å². The van der Waals surface area contributed by atoms with Crippen LogP contribution in [0, 0.1) is 0 Å². The van der Waals surface area contributed by atoms with Gasteiger partial charge in [-0.25, -0.2) is 4.79 Å². The average molecular weight is 255 g/mol. The highest BCUT2D eigenvalue weighted by Crippen LogP contribution is 2.36. The number of nitrogens with two attached hydrogens (primary N) is 1. The largest absolute Gasteiger partial charge is 0.463 e. The molecule has 1 heterocycles. The lowest BCUT2D eigenvalue weighted by atomic mass is 9.89. The molecule has 2 rings (SSSR count). The van der Waals surface area contributed by atoms with Crippen molar-refractivity contribution in [1.82, 2.24) is 0 Å². The molecule has 0 aromatic heterocycles. The highest BCUT2D eigenvalue weighted by Gasteiger charge is 2.51. The van der Waals surface area contributed by atoms with Crippen LogP contribution in [0.1, 0.15) is 20.8 Å². The minimum atomic E-state index is -0.872. The molecule has 18 heavy (non-hydrogen) atoms. The van der Waals surface area contributed by atoms with Crippen molar-refractivity contribution in [2.45, 2.75) is 44.8 Å². The first kappa shape index (κ1) is 13.2. The van der Waals surface area contributed by atoms with Gasteiger partial charge in [0.1, 0.15) is 12.2 Å². The predicted molar refractivity (Wildman–Crippen MR) is 61.5 cm³/mol. The monoisotopic (exact) mass is 255 g/mol. The number of hydrogen-bond acceptors (Lipinski definition) is 6. The third-order valence-corrected chi connectivity index (χ3v) is 2.93. The highest BCUT2D eigenvalue weighted by atomic mass is 16.8. The van der Waals surface area contributed by atoms with Crippen molar-refractivity contribution in [3.05, 3.63) is 11.6 Å². The minimum absolute atomic E-state index is 0.180. The van der Waals surface area contributed by atoms with Crippen molar-refractivity contribution < 1.29 is 23.8 Å². The van der Waals surface area contributed by atoms with Crippen LogP contribution in [-0.2, 0) is 23.8 Å². The topological polar surface area (TPSA) is 87.9 Å². The fourth-order valence-electron chi connectivity index (χ4n) is 2.18. The summed E-state index contributed by atoms with van der Waals surface area (Å²) in [7, 11) is 0. The molecule has 3 atom stereocenters. The number of ketones is 1. The Morgan fingerprint density at radius 3 is 2.78 bits per heavy atom. The average Bonchev–Trinajstić information content (AvgIpc) is 2.60. The molecule has 0 bridgehead atoms. The molecular formula is C12H17NO5. The van der Waals surface area contributed by atoms with Crippen molar-refractivity contribution >= 4 is 11.8 Å². The van der Waals surface area contributed by atoms with Gasteiger partial charge in [-0.15, -0.1) is 0 Å². The molecule has 0 spiro atoms. The molecule has 6 nitrogen and oxygen atoms in total. The predicted octanol–water partition coefficient (Wildman–Crippen LogP) is -0.0940. The lowest BCUT2D eigenvalue weighted by molar-refractivity contribution is -0.148. The van der Waals surface area contributed by atoms with Crippen molar-refractivity contribution in [1.29, 1.82) is 0 Å². The van der Waals surface area contributed by atoms with E-state index in [4.69, 9.17) is 19.9 Å². The smallest absolute Gasteiger partial charge is 0.336 e. The number of esters is 1. The Labute approximate surface area is 105 Å². The van der Waals surface area contributed by atoms with Crippen LogP contribution in [0.5, 0.6) is 0 Å². The SMILES string of the molecule is CCOC(=O)C1=CC(=O)[C@@H](N)[C@@H]2OC(C)(C)O[C@H]12. The van der Waals surface area contributed by atoms with Gasteiger partial charge in [0.05, 0.1) is 18.2 Å². The lowest BCUT2D eigenvalue weighted by Crippen LogP contribution is -2.51. The van der Waals surface area contributed by atoms with Crippen molar-refractivity contribution in [3.8, 4) is 0 Å². The summed E-state index contributed by atoms with van der Waals surface area (Å²) in [6.45, 7) is 5.36. The lowest BCUT2D eigenvalue weighted by Gasteiger charge is -2.26. The van der Waals surface area contributed by atoms with E-state index in [-0.39, 0.29) is 18.0 Å². The summed E-state index contributed by atoms with van der Waals surface area (Å²) in [5.74, 6) is -1.78. The summed E-state index contributed by atoms with van der Waals surface area (Å²) in [5.41, 5.74) is 5.95. The molecule has 0 unspecified atom stereocenters. The maximum atomic E-state index is 11.8. The Morgan fingerprint density at radius 1 is 1.50 bits per heavy atom. The summed E-state index contributed by atoms with van der Waals surface area (Å²) in [4.78, 5) is 23.5. The van der Waals surface area contributed by atoms with E-state index < -0.39 is 30.0 Å². The first-order valence-electron chi connectivity index (χ1n) is 5.89. The Bertz CT molecular complexity index is 415. The molecule has 6 heteroatoms. The van der Waals surface area contributed by atoms with E-state index in [1.807, 2.05) is 0 Å². The van der Waals surface area contributed by atoms with E-state index in [2.05, 4.69) is 0 Å². The van der Waals surface area contributed by atoms with Gasteiger partial charge in [-0.3, -0.25) is 4.79 Å². The van der Waals surface area contributed by atoms with Crippen LogP contribution in [-0.4, -0.2) is 42.4 Å². The molecule has 0 aromatic carbocycles. The molecule has 1 aliphatic heterocycles. The van der Waals surface area contributed by atoms with Gasteiger partial charge in [0.15, 0.2) is 11.6 Å². The first-order chi connectivity index (χ1) is 8.35. The molecular weight excluding hydrogens is 238 g/mol. The van der Waals surface area contributed by atoms with E-state index in [1.165, 1.54) is 6.08 Å². The first-order valence-corrected chi connectivity index (χ1v) is 5.89. The van der Waals surface area contributed by atoms with Gasteiger partial charge in [-0.2, -0.15) is 0 Å². The number of carbonyl (C=O) groups is 2. The Hall–Kier alpha value is -1.24. The summed E-state index contributed by atoms with van der Waals surface area (Å²) in [6, 6.07) is -0.810. The third-order valence-electron chi connectivity index (χ3n) is 2.93. The second kappa shape index (κ2) is 4.46. The van der Waals surface area contributed by atoms with Gasteiger partial charge in [0.2, 0.25) is 0 Å². The Kier molecular flexibility index (Phi) is 3.27. The van der Waals surface area contributed by atoms with Crippen LogP contribution in [0.4, 0.5) is 0 Å². The van der Waals surface area contributed by atoms with Gasteiger partial charge in [0.25, 0.3) is 0 Å². The van der Waals surface area contributed by atoms with Gasteiger partial charge >= 0.3 is 5.97 Å². The van der Waals surface area contributed by atoms with Gasteiger partial charge in [-0.1, -0.05) is 0 Å². The number of carbonyl (C=O) groups excluding carboxylic acids is 2. The molecule has 0 aromatic rings. The molecule has 0 radical (unpaired) electrons. The summed E-state index contributed by atoms with van der Waals surface area (Å²) >= 11 is 0. The van der Waals surface area contributed by atoms with Crippen molar-refractivity contribution in [3.63, 3.8) is 0 Å². The summed E-state index contributed by atoms with van der Waals surface area (Å²) in [5, 5.41) is 0. The van der Waals surface area contributed by atoms with Gasteiger partial charge in [0, 0.05) is 0 Å². The summed E-state index contributed by atoms with van der Waals surface area (Å²) < 4.78 is 16.1.